The van der Waals surface area contributed by atoms with Crippen molar-refractivity contribution in [2.24, 2.45) is 0 Å². The third-order valence-electron chi connectivity index (χ3n) is 3.63. The maximum Gasteiger partial charge on any atom is 0.312 e. The van der Waals surface area contributed by atoms with Gasteiger partial charge in [0, 0.05) is 12.1 Å². The summed E-state index contributed by atoms with van der Waals surface area (Å²) < 4.78 is 5.11. The lowest BCUT2D eigenvalue weighted by Crippen LogP contribution is -2.52. The number of nitrogens with one attached hydrogen (secondary N) is 1. The van der Waals surface area contributed by atoms with Crippen molar-refractivity contribution in [3.05, 3.63) is 24.2 Å². The van der Waals surface area contributed by atoms with Gasteiger partial charge < -0.3 is 14.6 Å². The molecule has 0 aromatic carbocycles. The molecule has 1 aromatic heterocycles. The van der Waals surface area contributed by atoms with Crippen LogP contribution in [-0.4, -0.2) is 28.8 Å². The van der Waals surface area contributed by atoms with Gasteiger partial charge in [-0.25, -0.2) is 0 Å². The molecule has 5 nitrogen and oxygen atoms in total. The van der Waals surface area contributed by atoms with Gasteiger partial charge in [-0.3, -0.25) is 9.59 Å². The summed E-state index contributed by atoms with van der Waals surface area (Å²) in [4.78, 5) is 25.7. The van der Waals surface area contributed by atoms with E-state index in [2.05, 4.69) is 5.32 Å². The van der Waals surface area contributed by atoms with Gasteiger partial charge in [0.05, 0.1) is 12.8 Å². The van der Waals surface area contributed by atoms with Crippen molar-refractivity contribution in [3.63, 3.8) is 0 Å². The lowest BCUT2D eigenvalue weighted by atomic mass is 9.97. The van der Waals surface area contributed by atoms with Crippen LogP contribution in [0.2, 0.25) is 0 Å². The molecule has 1 aliphatic rings. The number of carbonyl (C=O) groups excluding carboxylic acids is 2. The molecular formula is C14H20N2O3. The molecule has 2 atom stereocenters. The first-order chi connectivity index (χ1) is 9.09. The number of rotatable bonds is 2. The molecule has 19 heavy (non-hydrogen) atoms. The summed E-state index contributed by atoms with van der Waals surface area (Å²) in [5.41, 5.74) is 0. The van der Waals surface area contributed by atoms with Gasteiger partial charge in [-0.15, -0.1) is 0 Å². The second kappa shape index (κ2) is 5.91. The molecule has 1 N–H and O–H groups in total. The van der Waals surface area contributed by atoms with Gasteiger partial charge in [-0.2, -0.15) is 0 Å². The van der Waals surface area contributed by atoms with Gasteiger partial charge >= 0.3 is 11.8 Å². The summed E-state index contributed by atoms with van der Waals surface area (Å²) in [6, 6.07) is 3.77. The quantitative estimate of drug-likeness (QED) is 0.827. The minimum absolute atomic E-state index is 0.130. The van der Waals surface area contributed by atoms with E-state index in [1.165, 1.54) is 6.26 Å². The van der Waals surface area contributed by atoms with E-state index in [-0.39, 0.29) is 18.6 Å². The zero-order chi connectivity index (χ0) is 13.8. The van der Waals surface area contributed by atoms with Crippen molar-refractivity contribution < 1.29 is 14.0 Å². The summed E-state index contributed by atoms with van der Waals surface area (Å²) in [7, 11) is 0. The van der Waals surface area contributed by atoms with E-state index in [0.717, 1.165) is 19.3 Å². The Morgan fingerprint density at radius 2 is 2.05 bits per heavy atom. The summed E-state index contributed by atoms with van der Waals surface area (Å²) in [5.74, 6) is -0.357. The standard InChI is InChI=1S/C14H20N2O3/c1-10-5-3-6-11(2)16(10)14(18)13(17)15-9-12-7-4-8-19-12/h4,7-8,10-11H,3,5-6,9H2,1-2H3,(H,15,17). The third-order valence-corrected chi connectivity index (χ3v) is 3.63. The molecule has 5 heteroatoms. The number of furan rings is 1. The van der Waals surface area contributed by atoms with E-state index in [9.17, 15) is 9.59 Å². The van der Waals surface area contributed by atoms with Crippen LogP contribution in [0.5, 0.6) is 0 Å². The molecular weight excluding hydrogens is 244 g/mol. The van der Waals surface area contributed by atoms with Crippen LogP contribution in [0.15, 0.2) is 22.8 Å². The first kappa shape index (κ1) is 13.6. The first-order valence-electron chi connectivity index (χ1n) is 6.72. The van der Waals surface area contributed by atoms with Crippen molar-refractivity contribution in [1.82, 2.24) is 10.2 Å². The number of carbonyl (C=O) groups is 2. The zero-order valence-corrected chi connectivity index (χ0v) is 11.4. The lowest BCUT2D eigenvalue weighted by molar-refractivity contribution is -0.150. The van der Waals surface area contributed by atoms with Gasteiger partial charge in [0.2, 0.25) is 0 Å². The predicted molar refractivity (Wildman–Crippen MR) is 70.2 cm³/mol. The molecule has 0 saturated carbocycles. The SMILES string of the molecule is CC1CCCC(C)N1C(=O)C(=O)NCc1ccco1. The fraction of sp³-hybridized carbons (Fsp3) is 0.571. The average molecular weight is 264 g/mol. The Kier molecular flexibility index (Phi) is 4.24. The minimum atomic E-state index is -0.558. The Morgan fingerprint density at radius 1 is 1.37 bits per heavy atom. The highest BCUT2D eigenvalue weighted by atomic mass is 16.3. The van der Waals surface area contributed by atoms with E-state index < -0.39 is 11.8 Å². The summed E-state index contributed by atoms with van der Waals surface area (Å²) in [5, 5.41) is 2.60. The van der Waals surface area contributed by atoms with Crippen molar-refractivity contribution in [1.29, 1.82) is 0 Å². The van der Waals surface area contributed by atoms with Crippen LogP contribution in [0.1, 0.15) is 38.9 Å². The Bertz CT molecular complexity index is 432. The van der Waals surface area contributed by atoms with Gasteiger partial charge in [-0.05, 0) is 45.2 Å². The topological polar surface area (TPSA) is 62.6 Å². The van der Waals surface area contributed by atoms with Crippen LogP contribution >= 0.6 is 0 Å². The second-order valence-corrected chi connectivity index (χ2v) is 5.10. The maximum atomic E-state index is 12.2. The van der Waals surface area contributed by atoms with Crippen molar-refractivity contribution in [2.45, 2.75) is 51.7 Å². The second-order valence-electron chi connectivity index (χ2n) is 5.10. The maximum absolute atomic E-state index is 12.2. The van der Waals surface area contributed by atoms with Crippen LogP contribution in [0.4, 0.5) is 0 Å². The summed E-state index contributed by atoms with van der Waals surface area (Å²) in [6.45, 7) is 4.23. The monoisotopic (exact) mass is 264 g/mol. The highest BCUT2D eigenvalue weighted by molar-refractivity contribution is 6.35. The van der Waals surface area contributed by atoms with E-state index in [1.54, 1.807) is 17.0 Å². The largest absolute Gasteiger partial charge is 0.467 e. The summed E-state index contributed by atoms with van der Waals surface area (Å²) >= 11 is 0. The molecule has 1 saturated heterocycles. The molecule has 2 amide bonds. The fourth-order valence-electron chi connectivity index (χ4n) is 2.60. The van der Waals surface area contributed by atoms with Crippen LogP contribution in [0.25, 0.3) is 0 Å². The number of hydrogen-bond donors (Lipinski definition) is 1. The number of likely N-dealkylation sites (tertiary alicyclic amines) is 1. The zero-order valence-electron chi connectivity index (χ0n) is 11.4. The molecule has 0 aliphatic carbocycles. The van der Waals surface area contributed by atoms with Crippen molar-refractivity contribution >= 4 is 11.8 Å². The van der Waals surface area contributed by atoms with Crippen LogP contribution in [0.3, 0.4) is 0 Å². The molecule has 104 valence electrons. The summed E-state index contributed by atoms with van der Waals surface area (Å²) in [6.07, 6.45) is 4.57. The Morgan fingerprint density at radius 3 is 2.63 bits per heavy atom. The average Bonchev–Trinajstić information content (AvgIpc) is 2.88. The number of amides is 2. The van der Waals surface area contributed by atoms with Crippen molar-refractivity contribution in [2.75, 3.05) is 0 Å². The molecule has 2 heterocycles. The highest BCUT2D eigenvalue weighted by Gasteiger charge is 2.32. The molecule has 2 rings (SSSR count). The number of hydrogen-bond acceptors (Lipinski definition) is 3. The molecule has 1 aromatic rings. The van der Waals surface area contributed by atoms with E-state index in [1.807, 2.05) is 13.8 Å². The molecule has 2 unspecified atom stereocenters. The van der Waals surface area contributed by atoms with Crippen LogP contribution < -0.4 is 5.32 Å². The highest BCUT2D eigenvalue weighted by Crippen LogP contribution is 2.22. The lowest BCUT2D eigenvalue weighted by Gasteiger charge is -2.38. The molecule has 0 radical (unpaired) electrons. The number of nitrogens with zero attached hydrogens (tertiary/aromatic N) is 1. The van der Waals surface area contributed by atoms with Gasteiger partial charge in [0.25, 0.3) is 0 Å². The Balaban J connectivity index is 1.92. The Labute approximate surface area is 113 Å². The molecule has 0 bridgehead atoms. The smallest absolute Gasteiger partial charge is 0.312 e. The normalized spacial score (nSPS) is 23.2. The van der Waals surface area contributed by atoms with Gasteiger partial charge in [-0.1, -0.05) is 0 Å². The van der Waals surface area contributed by atoms with Gasteiger partial charge in [0.15, 0.2) is 0 Å². The number of piperidine rings is 1. The predicted octanol–water partition coefficient (Wildman–Crippen LogP) is 1.69. The van der Waals surface area contributed by atoms with Gasteiger partial charge in [0.1, 0.15) is 5.76 Å². The van der Waals surface area contributed by atoms with E-state index >= 15 is 0 Å². The van der Waals surface area contributed by atoms with E-state index in [0.29, 0.717) is 5.76 Å². The first-order valence-corrected chi connectivity index (χ1v) is 6.72. The fourth-order valence-corrected chi connectivity index (χ4v) is 2.60. The Hall–Kier alpha value is -1.78. The van der Waals surface area contributed by atoms with E-state index in [4.69, 9.17) is 4.42 Å². The van der Waals surface area contributed by atoms with Crippen LogP contribution in [-0.2, 0) is 16.1 Å². The molecule has 1 fully saturated rings. The van der Waals surface area contributed by atoms with Crippen LogP contribution in [0, 0.1) is 0 Å². The molecule has 1 aliphatic heterocycles. The molecule has 0 spiro atoms. The minimum Gasteiger partial charge on any atom is -0.467 e. The van der Waals surface area contributed by atoms with Crippen molar-refractivity contribution in [3.8, 4) is 0 Å². The third kappa shape index (κ3) is 3.16.